The van der Waals surface area contributed by atoms with Gasteiger partial charge < -0.3 is 14.7 Å². The van der Waals surface area contributed by atoms with Crippen LogP contribution in [0.2, 0.25) is 0 Å². The molecule has 0 aliphatic carbocycles. The van der Waals surface area contributed by atoms with Crippen molar-refractivity contribution < 1.29 is 23.8 Å². The molecule has 2 rings (SSSR count). The minimum Gasteiger partial charge on any atom is -0.494 e. The van der Waals surface area contributed by atoms with Crippen LogP contribution in [-0.2, 0) is 11.3 Å². The van der Waals surface area contributed by atoms with Gasteiger partial charge >= 0.3 is 5.97 Å². The summed E-state index contributed by atoms with van der Waals surface area (Å²) in [6.07, 6.45) is 0. The van der Waals surface area contributed by atoms with Crippen LogP contribution in [0.25, 0.3) is 0 Å². The molecular weight excluding hydrogens is 301 g/mol. The number of aliphatic carboxylic acids is 1. The van der Waals surface area contributed by atoms with E-state index in [-0.39, 0.29) is 17.9 Å². The largest absolute Gasteiger partial charge is 0.494 e. The van der Waals surface area contributed by atoms with E-state index in [4.69, 9.17) is 9.84 Å². The van der Waals surface area contributed by atoms with E-state index in [1.165, 1.54) is 24.1 Å². The summed E-state index contributed by atoms with van der Waals surface area (Å²) in [6, 6.07) is 12.7. The molecule has 0 aromatic heterocycles. The summed E-state index contributed by atoms with van der Waals surface area (Å²) in [5, 5.41) is 9.02. The van der Waals surface area contributed by atoms with Crippen LogP contribution in [0.3, 0.4) is 0 Å². The first kappa shape index (κ1) is 16.5. The smallest absolute Gasteiger partial charge is 0.323 e. The highest BCUT2D eigenvalue weighted by atomic mass is 19.1. The average molecular weight is 317 g/mol. The normalized spacial score (nSPS) is 10.2. The minimum atomic E-state index is -1.12. The Hall–Kier alpha value is -2.89. The van der Waals surface area contributed by atoms with Gasteiger partial charge in [0.25, 0.3) is 5.91 Å². The van der Waals surface area contributed by atoms with Gasteiger partial charge in [-0.15, -0.1) is 0 Å². The van der Waals surface area contributed by atoms with Crippen LogP contribution in [-0.4, -0.2) is 35.5 Å². The lowest BCUT2D eigenvalue weighted by Gasteiger charge is -2.21. The number of carbonyl (C=O) groups is 2. The molecule has 0 saturated heterocycles. The highest BCUT2D eigenvalue weighted by Crippen LogP contribution is 2.20. The number of carboxylic acid groups (broad SMARTS) is 1. The van der Waals surface area contributed by atoms with Crippen molar-refractivity contribution in [1.82, 2.24) is 4.90 Å². The molecule has 0 spiro atoms. The molecule has 23 heavy (non-hydrogen) atoms. The molecule has 6 heteroatoms. The first-order valence-corrected chi connectivity index (χ1v) is 6.90. The molecule has 0 radical (unpaired) electrons. The number of ether oxygens (including phenoxy) is 1. The van der Waals surface area contributed by atoms with Crippen LogP contribution in [0.1, 0.15) is 15.9 Å². The third kappa shape index (κ3) is 4.29. The summed E-state index contributed by atoms with van der Waals surface area (Å²) in [7, 11) is 1.30. The van der Waals surface area contributed by atoms with E-state index in [1.807, 2.05) is 6.07 Å². The fourth-order valence-electron chi connectivity index (χ4n) is 2.14. The minimum absolute atomic E-state index is 0.0640. The number of benzene rings is 2. The second kappa shape index (κ2) is 7.40. The zero-order valence-corrected chi connectivity index (χ0v) is 12.5. The van der Waals surface area contributed by atoms with Gasteiger partial charge in [0.15, 0.2) is 11.6 Å². The molecule has 1 amide bonds. The molecule has 0 unspecified atom stereocenters. The molecule has 0 bridgehead atoms. The molecule has 0 aliphatic rings. The predicted molar refractivity (Wildman–Crippen MR) is 81.8 cm³/mol. The number of rotatable bonds is 6. The number of carboxylic acids is 1. The lowest BCUT2D eigenvalue weighted by atomic mass is 10.1. The summed E-state index contributed by atoms with van der Waals surface area (Å²) in [5.74, 6) is -2.28. The Labute approximate surface area is 132 Å². The molecule has 0 heterocycles. The summed E-state index contributed by atoms with van der Waals surface area (Å²) >= 11 is 0. The van der Waals surface area contributed by atoms with Crippen LogP contribution < -0.4 is 4.74 Å². The van der Waals surface area contributed by atoms with Crippen molar-refractivity contribution in [2.75, 3.05) is 13.7 Å². The maximum atomic E-state index is 13.4. The van der Waals surface area contributed by atoms with Gasteiger partial charge in [-0.25, -0.2) is 4.39 Å². The Morgan fingerprint density at radius 2 is 1.87 bits per heavy atom. The van der Waals surface area contributed by atoms with Crippen LogP contribution in [0.5, 0.6) is 5.75 Å². The van der Waals surface area contributed by atoms with Crippen LogP contribution in [0.4, 0.5) is 4.39 Å². The number of halogens is 1. The fraction of sp³-hybridized carbons (Fsp3) is 0.176. The molecule has 120 valence electrons. The molecule has 5 nitrogen and oxygen atoms in total. The molecule has 1 N–H and O–H groups in total. The molecule has 0 aliphatic heterocycles. The SMILES string of the molecule is COc1cc(C(=O)N(CC(=O)O)Cc2ccccc2)ccc1F. The van der Waals surface area contributed by atoms with E-state index in [9.17, 15) is 14.0 Å². The number of carbonyl (C=O) groups excluding carboxylic acids is 1. The van der Waals surface area contributed by atoms with Crippen molar-refractivity contribution in [2.45, 2.75) is 6.54 Å². The molecular formula is C17H16FNO4. The number of methoxy groups -OCH3 is 1. The topological polar surface area (TPSA) is 66.8 Å². The molecule has 2 aromatic carbocycles. The number of hydrogen-bond donors (Lipinski definition) is 1. The standard InChI is InChI=1S/C17H16FNO4/c1-23-15-9-13(7-8-14(15)18)17(22)19(11-16(20)21)10-12-5-3-2-4-6-12/h2-9H,10-11H2,1H3,(H,20,21). The van der Waals surface area contributed by atoms with Crippen molar-refractivity contribution >= 4 is 11.9 Å². The summed E-state index contributed by atoms with van der Waals surface area (Å²) in [4.78, 5) is 24.8. The van der Waals surface area contributed by atoms with Gasteiger partial charge in [0, 0.05) is 12.1 Å². The second-order valence-electron chi connectivity index (χ2n) is 4.89. The van der Waals surface area contributed by atoms with Crippen molar-refractivity contribution in [3.8, 4) is 5.75 Å². The Kier molecular flexibility index (Phi) is 5.30. The lowest BCUT2D eigenvalue weighted by Crippen LogP contribution is -2.35. The Morgan fingerprint density at radius 3 is 2.48 bits per heavy atom. The third-order valence-corrected chi connectivity index (χ3v) is 3.23. The lowest BCUT2D eigenvalue weighted by molar-refractivity contribution is -0.137. The van der Waals surface area contributed by atoms with Crippen LogP contribution in [0, 0.1) is 5.82 Å². The number of amides is 1. The van der Waals surface area contributed by atoms with Gasteiger partial charge in [-0.2, -0.15) is 0 Å². The van der Waals surface area contributed by atoms with E-state index >= 15 is 0 Å². The van der Waals surface area contributed by atoms with Gasteiger partial charge in [-0.1, -0.05) is 30.3 Å². The summed E-state index contributed by atoms with van der Waals surface area (Å²) in [5.41, 5.74) is 0.969. The van der Waals surface area contributed by atoms with Gasteiger partial charge in [0.05, 0.1) is 7.11 Å². The highest BCUT2D eigenvalue weighted by molar-refractivity contribution is 5.96. The third-order valence-electron chi connectivity index (χ3n) is 3.23. The zero-order valence-electron chi connectivity index (χ0n) is 12.5. The molecule has 2 aromatic rings. The van der Waals surface area contributed by atoms with Gasteiger partial charge in [-0.3, -0.25) is 9.59 Å². The Bertz CT molecular complexity index is 703. The maximum absolute atomic E-state index is 13.4. The quantitative estimate of drug-likeness (QED) is 0.889. The molecule has 0 atom stereocenters. The van der Waals surface area contributed by atoms with E-state index in [0.717, 1.165) is 11.6 Å². The Balaban J connectivity index is 2.27. The van der Waals surface area contributed by atoms with Crippen molar-refractivity contribution in [3.05, 3.63) is 65.5 Å². The molecule has 0 fully saturated rings. The van der Waals surface area contributed by atoms with Crippen LogP contribution >= 0.6 is 0 Å². The number of nitrogens with zero attached hydrogens (tertiary/aromatic N) is 1. The first-order valence-electron chi connectivity index (χ1n) is 6.90. The number of hydrogen-bond acceptors (Lipinski definition) is 3. The van der Waals surface area contributed by atoms with Gasteiger partial charge in [0.2, 0.25) is 0 Å². The molecule has 0 saturated carbocycles. The van der Waals surface area contributed by atoms with E-state index in [1.54, 1.807) is 24.3 Å². The average Bonchev–Trinajstić information content (AvgIpc) is 2.54. The maximum Gasteiger partial charge on any atom is 0.323 e. The first-order chi connectivity index (χ1) is 11.0. The monoisotopic (exact) mass is 317 g/mol. The zero-order chi connectivity index (χ0) is 16.8. The summed E-state index contributed by atoms with van der Waals surface area (Å²) in [6.45, 7) is -0.306. The van der Waals surface area contributed by atoms with Crippen molar-refractivity contribution in [2.24, 2.45) is 0 Å². The Morgan fingerprint density at radius 1 is 1.17 bits per heavy atom. The predicted octanol–water partition coefficient (Wildman–Crippen LogP) is 2.56. The van der Waals surface area contributed by atoms with E-state index < -0.39 is 24.2 Å². The van der Waals surface area contributed by atoms with Gasteiger partial charge in [0.1, 0.15) is 6.54 Å². The summed E-state index contributed by atoms with van der Waals surface area (Å²) < 4.78 is 18.3. The van der Waals surface area contributed by atoms with E-state index in [2.05, 4.69) is 0 Å². The van der Waals surface area contributed by atoms with E-state index in [0.29, 0.717) is 0 Å². The van der Waals surface area contributed by atoms with Crippen molar-refractivity contribution in [3.63, 3.8) is 0 Å². The fourth-order valence-corrected chi connectivity index (χ4v) is 2.14. The second-order valence-corrected chi connectivity index (χ2v) is 4.89. The highest BCUT2D eigenvalue weighted by Gasteiger charge is 2.20. The van der Waals surface area contributed by atoms with Gasteiger partial charge in [-0.05, 0) is 23.8 Å². The van der Waals surface area contributed by atoms with Crippen LogP contribution in [0.15, 0.2) is 48.5 Å². The van der Waals surface area contributed by atoms with Crippen molar-refractivity contribution in [1.29, 1.82) is 0 Å².